The van der Waals surface area contributed by atoms with Crippen molar-refractivity contribution in [3.8, 4) is 0 Å². The number of nitrogens with two attached hydrogens (primary N) is 1. The van der Waals surface area contributed by atoms with Gasteiger partial charge in [0.2, 0.25) is 0 Å². The maximum atomic E-state index is 13.8. The van der Waals surface area contributed by atoms with Gasteiger partial charge in [0.1, 0.15) is 5.82 Å². The zero-order chi connectivity index (χ0) is 13.8. The van der Waals surface area contributed by atoms with Gasteiger partial charge >= 0.3 is 0 Å². The Bertz CT molecular complexity index is 607. The van der Waals surface area contributed by atoms with Gasteiger partial charge in [-0.3, -0.25) is 4.79 Å². The van der Waals surface area contributed by atoms with Crippen molar-refractivity contribution >= 4 is 5.78 Å². The lowest BCUT2D eigenvalue weighted by Crippen LogP contribution is -2.11. The largest absolute Gasteiger partial charge is 0.330 e. The number of carbonyl (C=O) groups excluding carboxylic acids is 1. The van der Waals surface area contributed by atoms with Gasteiger partial charge in [-0.25, -0.2) is 4.39 Å². The van der Waals surface area contributed by atoms with Crippen LogP contribution in [0.1, 0.15) is 27.0 Å². The predicted octanol–water partition coefficient (Wildman–Crippen LogP) is 2.87. The lowest BCUT2D eigenvalue weighted by molar-refractivity contribution is 0.103. The molecular formula is C16H16FNO. The Hall–Kier alpha value is -2.00. The Morgan fingerprint density at radius 3 is 2.63 bits per heavy atom. The van der Waals surface area contributed by atoms with Crippen molar-refractivity contribution in [2.45, 2.75) is 13.3 Å². The number of ketones is 1. The molecule has 2 N–H and O–H groups in total. The monoisotopic (exact) mass is 257 g/mol. The molecule has 0 bridgehead atoms. The van der Waals surface area contributed by atoms with Crippen LogP contribution in [0, 0.1) is 12.7 Å². The summed E-state index contributed by atoms with van der Waals surface area (Å²) < 4.78 is 13.8. The van der Waals surface area contributed by atoms with Crippen molar-refractivity contribution in [1.29, 1.82) is 0 Å². The van der Waals surface area contributed by atoms with Crippen molar-refractivity contribution in [1.82, 2.24) is 0 Å². The smallest absolute Gasteiger partial charge is 0.196 e. The van der Waals surface area contributed by atoms with E-state index in [1.54, 1.807) is 24.3 Å². The number of hydrogen-bond acceptors (Lipinski definition) is 2. The van der Waals surface area contributed by atoms with Crippen LogP contribution in [0.15, 0.2) is 42.5 Å². The van der Waals surface area contributed by atoms with Gasteiger partial charge in [0.05, 0.1) is 5.56 Å². The summed E-state index contributed by atoms with van der Waals surface area (Å²) in [5.74, 6) is -0.775. The number of hydrogen-bond donors (Lipinski definition) is 1. The SMILES string of the molecule is Cc1ccc(F)c(C(=O)c2ccccc2CCN)c1. The normalized spacial score (nSPS) is 10.5. The molecular weight excluding hydrogens is 241 g/mol. The highest BCUT2D eigenvalue weighted by atomic mass is 19.1. The minimum Gasteiger partial charge on any atom is -0.330 e. The summed E-state index contributed by atoms with van der Waals surface area (Å²) in [5.41, 5.74) is 7.90. The first-order valence-corrected chi connectivity index (χ1v) is 6.22. The molecule has 0 atom stereocenters. The number of rotatable bonds is 4. The summed E-state index contributed by atoms with van der Waals surface area (Å²) in [6, 6.07) is 11.8. The Kier molecular flexibility index (Phi) is 4.07. The molecule has 0 aliphatic heterocycles. The fourth-order valence-corrected chi connectivity index (χ4v) is 2.07. The van der Waals surface area contributed by atoms with E-state index in [0.29, 0.717) is 18.5 Å². The Labute approximate surface area is 112 Å². The molecule has 0 unspecified atom stereocenters. The summed E-state index contributed by atoms with van der Waals surface area (Å²) in [6.45, 7) is 2.29. The van der Waals surface area contributed by atoms with Gasteiger partial charge in [-0.05, 0) is 37.6 Å². The summed E-state index contributed by atoms with van der Waals surface area (Å²) in [7, 11) is 0. The number of aryl methyl sites for hydroxylation is 1. The van der Waals surface area contributed by atoms with Crippen LogP contribution in [0.2, 0.25) is 0 Å². The standard InChI is InChI=1S/C16H16FNO/c1-11-6-7-15(17)14(10-11)16(19)13-5-3-2-4-12(13)8-9-18/h2-7,10H,8-9,18H2,1H3. The Morgan fingerprint density at radius 2 is 1.89 bits per heavy atom. The molecule has 0 aliphatic rings. The first-order valence-electron chi connectivity index (χ1n) is 6.22. The van der Waals surface area contributed by atoms with Crippen LogP contribution < -0.4 is 5.73 Å². The van der Waals surface area contributed by atoms with E-state index < -0.39 is 5.82 Å². The van der Waals surface area contributed by atoms with Gasteiger partial charge in [-0.2, -0.15) is 0 Å². The van der Waals surface area contributed by atoms with Crippen LogP contribution in [-0.4, -0.2) is 12.3 Å². The van der Waals surface area contributed by atoms with Crippen LogP contribution >= 0.6 is 0 Å². The molecule has 2 aromatic carbocycles. The average Bonchev–Trinajstić information content (AvgIpc) is 2.42. The molecule has 0 radical (unpaired) electrons. The summed E-state index contributed by atoms with van der Waals surface area (Å²) in [6.07, 6.45) is 0.606. The zero-order valence-corrected chi connectivity index (χ0v) is 10.8. The predicted molar refractivity (Wildman–Crippen MR) is 73.8 cm³/mol. The lowest BCUT2D eigenvalue weighted by Gasteiger charge is -2.09. The van der Waals surface area contributed by atoms with E-state index in [-0.39, 0.29) is 11.3 Å². The molecule has 2 rings (SSSR count). The van der Waals surface area contributed by atoms with E-state index in [0.717, 1.165) is 11.1 Å². The van der Waals surface area contributed by atoms with Crippen LogP contribution in [0.4, 0.5) is 4.39 Å². The fourth-order valence-electron chi connectivity index (χ4n) is 2.07. The first kappa shape index (κ1) is 13.4. The van der Waals surface area contributed by atoms with Crippen molar-refractivity contribution in [3.63, 3.8) is 0 Å². The molecule has 0 aliphatic carbocycles. The third kappa shape index (κ3) is 2.88. The van der Waals surface area contributed by atoms with E-state index in [9.17, 15) is 9.18 Å². The van der Waals surface area contributed by atoms with Crippen LogP contribution in [0.25, 0.3) is 0 Å². The summed E-state index contributed by atoms with van der Waals surface area (Å²) in [4.78, 5) is 12.4. The molecule has 0 aromatic heterocycles. The van der Waals surface area contributed by atoms with Crippen molar-refractivity contribution in [3.05, 3.63) is 70.5 Å². The quantitative estimate of drug-likeness (QED) is 0.856. The minimum atomic E-state index is -0.488. The molecule has 0 saturated carbocycles. The van der Waals surface area contributed by atoms with Crippen LogP contribution in [0.3, 0.4) is 0 Å². The van der Waals surface area contributed by atoms with Crippen LogP contribution in [-0.2, 0) is 6.42 Å². The van der Waals surface area contributed by atoms with Gasteiger partial charge < -0.3 is 5.73 Å². The molecule has 0 saturated heterocycles. The van der Waals surface area contributed by atoms with Gasteiger partial charge in [0, 0.05) is 5.56 Å². The Balaban J connectivity index is 2.47. The number of halogens is 1. The third-order valence-electron chi connectivity index (χ3n) is 3.04. The Morgan fingerprint density at radius 1 is 1.16 bits per heavy atom. The maximum Gasteiger partial charge on any atom is 0.196 e. The summed E-state index contributed by atoms with van der Waals surface area (Å²) in [5, 5.41) is 0. The van der Waals surface area contributed by atoms with Crippen molar-refractivity contribution < 1.29 is 9.18 Å². The van der Waals surface area contributed by atoms with Crippen LogP contribution in [0.5, 0.6) is 0 Å². The van der Waals surface area contributed by atoms with Gasteiger partial charge in [-0.1, -0.05) is 35.9 Å². The molecule has 0 spiro atoms. The second kappa shape index (κ2) is 5.76. The van der Waals surface area contributed by atoms with Crippen molar-refractivity contribution in [2.24, 2.45) is 5.73 Å². The topological polar surface area (TPSA) is 43.1 Å². The third-order valence-corrected chi connectivity index (χ3v) is 3.04. The highest BCUT2D eigenvalue weighted by Crippen LogP contribution is 2.18. The second-order valence-electron chi connectivity index (χ2n) is 4.51. The molecule has 2 nitrogen and oxygen atoms in total. The van der Waals surface area contributed by atoms with Gasteiger partial charge in [0.15, 0.2) is 5.78 Å². The number of carbonyl (C=O) groups is 1. The average molecular weight is 257 g/mol. The minimum absolute atomic E-state index is 0.115. The second-order valence-corrected chi connectivity index (χ2v) is 4.51. The molecule has 0 heterocycles. The van der Waals surface area contributed by atoms with E-state index in [1.807, 2.05) is 19.1 Å². The lowest BCUT2D eigenvalue weighted by atomic mass is 9.95. The highest BCUT2D eigenvalue weighted by molar-refractivity contribution is 6.10. The molecule has 0 amide bonds. The van der Waals surface area contributed by atoms with Crippen molar-refractivity contribution in [2.75, 3.05) is 6.54 Å². The molecule has 98 valence electrons. The first-order chi connectivity index (χ1) is 9.13. The molecule has 3 heteroatoms. The maximum absolute atomic E-state index is 13.8. The number of benzene rings is 2. The summed E-state index contributed by atoms with van der Waals surface area (Å²) >= 11 is 0. The molecule has 2 aromatic rings. The molecule has 0 fully saturated rings. The zero-order valence-electron chi connectivity index (χ0n) is 10.8. The highest BCUT2D eigenvalue weighted by Gasteiger charge is 2.16. The van der Waals surface area contributed by atoms with E-state index in [4.69, 9.17) is 5.73 Å². The van der Waals surface area contributed by atoms with E-state index in [2.05, 4.69) is 0 Å². The fraction of sp³-hybridized carbons (Fsp3) is 0.188. The van der Waals surface area contributed by atoms with Gasteiger partial charge in [0.25, 0.3) is 0 Å². The molecule has 19 heavy (non-hydrogen) atoms. The van der Waals surface area contributed by atoms with Gasteiger partial charge in [-0.15, -0.1) is 0 Å². The van der Waals surface area contributed by atoms with E-state index in [1.165, 1.54) is 6.07 Å². The van der Waals surface area contributed by atoms with E-state index >= 15 is 0 Å².